The van der Waals surface area contributed by atoms with Crippen molar-refractivity contribution in [1.29, 1.82) is 0 Å². The van der Waals surface area contributed by atoms with E-state index in [1.54, 1.807) is 24.3 Å². The van der Waals surface area contributed by atoms with Gasteiger partial charge in [0, 0.05) is 31.7 Å². The molecule has 1 amide bonds. The van der Waals surface area contributed by atoms with Crippen molar-refractivity contribution < 1.29 is 31.1 Å². The van der Waals surface area contributed by atoms with Gasteiger partial charge in [0.2, 0.25) is 20.0 Å². The van der Waals surface area contributed by atoms with Gasteiger partial charge in [-0.15, -0.1) is 0 Å². The van der Waals surface area contributed by atoms with Gasteiger partial charge in [0.1, 0.15) is 12.4 Å². The summed E-state index contributed by atoms with van der Waals surface area (Å²) in [6, 6.07) is 12.1. The number of carbonyl (C=O) groups is 1. The predicted molar refractivity (Wildman–Crippen MR) is 128 cm³/mol. The van der Waals surface area contributed by atoms with Crippen LogP contribution in [0.5, 0.6) is 5.75 Å². The Hall–Kier alpha value is -2.51. The Morgan fingerprint density at radius 2 is 1.49 bits per heavy atom. The van der Waals surface area contributed by atoms with Crippen LogP contribution in [0.4, 0.5) is 0 Å². The van der Waals surface area contributed by atoms with Crippen LogP contribution in [0.15, 0.2) is 58.3 Å². The molecule has 2 fully saturated rings. The molecule has 2 aliphatic rings. The Morgan fingerprint density at radius 3 is 2.17 bits per heavy atom. The maximum Gasteiger partial charge on any atom is 0.251 e. The Morgan fingerprint density at radius 1 is 0.857 bits per heavy atom. The van der Waals surface area contributed by atoms with E-state index in [1.165, 1.54) is 32.9 Å². The molecular formula is C23H29N3O7S2. The van der Waals surface area contributed by atoms with E-state index in [0.717, 1.165) is 12.8 Å². The van der Waals surface area contributed by atoms with Gasteiger partial charge in [0.25, 0.3) is 5.91 Å². The van der Waals surface area contributed by atoms with Gasteiger partial charge in [0.15, 0.2) is 0 Å². The molecule has 0 saturated carbocycles. The molecule has 10 nitrogen and oxygen atoms in total. The molecule has 0 atom stereocenters. The molecule has 2 aromatic carbocycles. The second kappa shape index (κ2) is 11.0. The van der Waals surface area contributed by atoms with Crippen molar-refractivity contribution in [3.8, 4) is 5.75 Å². The molecule has 1 N–H and O–H groups in total. The number of rotatable bonds is 9. The summed E-state index contributed by atoms with van der Waals surface area (Å²) in [6.07, 6.45) is 1.68. The van der Waals surface area contributed by atoms with E-state index in [4.69, 9.17) is 9.47 Å². The van der Waals surface area contributed by atoms with Crippen molar-refractivity contribution in [2.24, 2.45) is 0 Å². The van der Waals surface area contributed by atoms with E-state index in [-0.39, 0.29) is 28.5 Å². The van der Waals surface area contributed by atoms with Crippen LogP contribution in [-0.2, 0) is 24.8 Å². The molecule has 4 rings (SSSR count). The lowest BCUT2D eigenvalue weighted by molar-refractivity contribution is 0.0730. The number of morpholine rings is 1. The monoisotopic (exact) mass is 523 g/mol. The van der Waals surface area contributed by atoms with Gasteiger partial charge < -0.3 is 14.8 Å². The molecule has 0 aliphatic carbocycles. The summed E-state index contributed by atoms with van der Waals surface area (Å²) in [5.41, 5.74) is 0.253. The number of hydrogen-bond donors (Lipinski definition) is 1. The number of ether oxygens (including phenoxy) is 2. The maximum atomic E-state index is 12.7. The fourth-order valence-corrected chi connectivity index (χ4v) is 6.93. The summed E-state index contributed by atoms with van der Waals surface area (Å²) in [6.45, 7) is 2.76. The first kappa shape index (κ1) is 25.6. The number of carbonyl (C=O) groups excluding carboxylic acids is 1. The second-order valence-electron chi connectivity index (χ2n) is 8.23. The minimum absolute atomic E-state index is 0.107. The van der Waals surface area contributed by atoms with Crippen LogP contribution in [-0.4, -0.2) is 83.9 Å². The number of amides is 1. The van der Waals surface area contributed by atoms with Gasteiger partial charge in [-0.05, 0) is 55.3 Å². The number of nitrogens with zero attached hydrogens (tertiary/aromatic N) is 2. The van der Waals surface area contributed by atoms with Crippen LogP contribution < -0.4 is 10.1 Å². The van der Waals surface area contributed by atoms with Gasteiger partial charge >= 0.3 is 0 Å². The van der Waals surface area contributed by atoms with Crippen LogP contribution in [0.1, 0.15) is 23.2 Å². The van der Waals surface area contributed by atoms with E-state index in [9.17, 15) is 21.6 Å². The normalized spacial score (nSPS) is 17.8. The molecule has 0 bridgehead atoms. The molecule has 0 aromatic heterocycles. The fraction of sp³-hybridized carbons (Fsp3) is 0.435. The number of hydrogen-bond acceptors (Lipinski definition) is 7. The summed E-state index contributed by atoms with van der Waals surface area (Å²) < 4.78 is 64.5. The molecule has 12 heteroatoms. The van der Waals surface area contributed by atoms with Crippen molar-refractivity contribution in [1.82, 2.24) is 13.9 Å². The largest absolute Gasteiger partial charge is 0.492 e. The number of sulfonamides is 2. The first-order valence-corrected chi connectivity index (χ1v) is 14.4. The second-order valence-corrected chi connectivity index (χ2v) is 12.1. The summed E-state index contributed by atoms with van der Waals surface area (Å²) in [5.74, 6) is 0.0675. The summed E-state index contributed by atoms with van der Waals surface area (Å²) in [7, 11) is -7.17. The smallest absolute Gasteiger partial charge is 0.251 e. The van der Waals surface area contributed by atoms with Crippen molar-refractivity contribution in [2.75, 3.05) is 52.5 Å². The summed E-state index contributed by atoms with van der Waals surface area (Å²) in [5, 5.41) is 2.71. The Balaban J connectivity index is 1.28. The third kappa shape index (κ3) is 6.01. The molecule has 35 heavy (non-hydrogen) atoms. The van der Waals surface area contributed by atoms with Crippen molar-refractivity contribution in [3.63, 3.8) is 0 Å². The van der Waals surface area contributed by atoms with E-state index < -0.39 is 26.0 Å². The van der Waals surface area contributed by atoms with Crippen LogP contribution in [0.2, 0.25) is 0 Å². The lowest BCUT2D eigenvalue weighted by atomic mass is 10.2. The molecule has 0 radical (unpaired) electrons. The topological polar surface area (TPSA) is 122 Å². The highest BCUT2D eigenvalue weighted by Gasteiger charge is 2.28. The standard InChI is InChI=1S/C23H29N3O7S2/c27-23(19-4-3-5-22(18-19)35(30,31)25-11-1-2-12-25)24-10-15-33-20-6-8-21(9-7-20)34(28,29)26-13-16-32-17-14-26/h3-9,18H,1-2,10-17H2,(H,24,27). The van der Waals surface area contributed by atoms with Gasteiger partial charge in [-0.1, -0.05) is 6.07 Å². The van der Waals surface area contributed by atoms with Crippen LogP contribution in [0.3, 0.4) is 0 Å². The third-order valence-electron chi connectivity index (χ3n) is 5.89. The summed E-state index contributed by atoms with van der Waals surface area (Å²) in [4.78, 5) is 12.8. The minimum Gasteiger partial charge on any atom is -0.492 e. The zero-order valence-electron chi connectivity index (χ0n) is 19.3. The van der Waals surface area contributed by atoms with Crippen LogP contribution in [0.25, 0.3) is 0 Å². The molecule has 0 spiro atoms. The van der Waals surface area contributed by atoms with Gasteiger partial charge in [-0.25, -0.2) is 16.8 Å². The van der Waals surface area contributed by atoms with Crippen LogP contribution >= 0.6 is 0 Å². The fourth-order valence-electron chi connectivity index (χ4n) is 3.95. The van der Waals surface area contributed by atoms with E-state index in [2.05, 4.69) is 5.32 Å². The molecular weight excluding hydrogens is 494 g/mol. The van der Waals surface area contributed by atoms with E-state index in [0.29, 0.717) is 45.1 Å². The SMILES string of the molecule is O=C(NCCOc1ccc(S(=O)(=O)N2CCOCC2)cc1)c1cccc(S(=O)(=O)N2CCCC2)c1. The first-order valence-electron chi connectivity index (χ1n) is 11.5. The lowest BCUT2D eigenvalue weighted by Gasteiger charge is -2.26. The zero-order valence-corrected chi connectivity index (χ0v) is 20.9. The molecule has 190 valence electrons. The first-order chi connectivity index (χ1) is 16.8. The Labute approximate surface area is 205 Å². The van der Waals surface area contributed by atoms with Crippen molar-refractivity contribution in [3.05, 3.63) is 54.1 Å². The highest BCUT2D eigenvalue weighted by atomic mass is 32.2. The quantitative estimate of drug-likeness (QED) is 0.492. The molecule has 2 aliphatic heterocycles. The third-order valence-corrected chi connectivity index (χ3v) is 9.69. The highest BCUT2D eigenvalue weighted by molar-refractivity contribution is 7.89. The molecule has 0 unspecified atom stereocenters. The van der Waals surface area contributed by atoms with Crippen molar-refractivity contribution in [2.45, 2.75) is 22.6 Å². The maximum absolute atomic E-state index is 12.7. The molecule has 2 aromatic rings. The Kier molecular flexibility index (Phi) is 8.07. The van der Waals surface area contributed by atoms with Gasteiger partial charge in [0.05, 0.1) is 29.5 Å². The molecule has 2 heterocycles. The zero-order chi connectivity index (χ0) is 24.9. The predicted octanol–water partition coefficient (Wildman–Crippen LogP) is 1.30. The lowest BCUT2D eigenvalue weighted by Crippen LogP contribution is -2.40. The van der Waals surface area contributed by atoms with Gasteiger partial charge in [-0.3, -0.25) is 4.79 Å². The average molecular weight is 524 g/mol. The van der Waals surface area contributed by atoms with Crippen LogP contribution in [0, 0.1) is 0 Å². The molecule has 2 saturated heterocycles. The number of nitrogens with one attached hydrogen (secondary N) is 1. The minimum atomic E-state index is -3.60. The average Bonchev–Trinajstić information content (AvgIpc) is 3.44. The number of benzene rings is 2. The Bertz CT molecular complexity index is 1240. The van der Waals surface area contributed by atoms with E-state index in [1.807, 2.05) is 0 Å². The van der Waals surface area contributed by atoms with Crippen molar-refractivity contribution >= 4 is 26.0 Å². The van der Waals surface area contributed by atoms with Gasteiger partial charge in [-0.2, -0.15) is 8.61 Å². The highest BCUT2D eigenvalue weighted by Crippen LogP contribution is 2.22. The summed E-state index contributed by atoms with van der Waals surface area (Å²) >= 11 is 0. The van der Waals surface area contributed by atoms with E-state index >= 15 is 0 Å².